The van der Waals surface area contributed by atoms with Crippen molar-refractivity contribution in [1.29, 1.82) is 5.26 Å². The molecule has 1 atom stereocenters. The number of fused-ring (bicyclic) bond motifs is 2. The van der Waals surface area contributed by atoms with Crippen LogP contribution < -0.4 is 10.6 Å². The zero-order chi connectivity index (χ0) is 23.8. The summed E-state index contributed by atoms with van der Waals surface area (Å²) in [6.45, 7) is 1.07. The highest BCUT2D eigenvalue weighted by molar-refractivity contribution is 5.98. The third kappa shape index (κ3) is 3.94. The fourth-order valence-electron chi connectivity index (χ4n) is 7.38. The number of benzene rings is 2. The number of aromatic amines is 1. The standard InChI is InChI=1S/C30H34N4O/c31-19-26-18-22-17-21(9-14-28(22)33-26)29(35)34-25-12-10-24(11-13-25)30(23-6-2-3-7-23)27-8-4-1-5-20(27)15-16-32-30/h1,4-5,8-9,14,17-18,23-25,32-33H,2-3,6-7,10-13,15-16H2,(H,34,35)/t24-,25-,30?. The molecule has 1 unspecified atom stereocenters. The number of aromatic nitrogens is 1. The van der Waals surface area contributed by atoms with Gasteiger partial charge in [-0.3, -0.25) is 4.79 Å². The summed E-state index contributed by atoms with van der Waals surface area (Å²) in [5.74, 6) is 1.31. The van der Waals surface area contributed by atoms with E-state index in [0.29, 0.717) is 23.1 Å². The Morgan fingerprint density at radius 3 is 2.54 bits per heavy atom. The largest absolute Gasteiger partial charge is 0.349 e. The van der Waals surface area contributed by atoms with Crippen LogP contribution in [0.2, 0.25) is 0 Å². The zero-order valence-corrected chi connectivity index (χ0v) is 20.3. The van der Waals surface area contributed by atoms with Gasteiger partial charge in [-0.2, -0.15) is 5.26 Å². The second-order valence-electron chi connectivity index (χ2n) is 10.8. The summed E-state index contributed by atoms with van der Waals surface area (Å²) in [5, 5.41) is 17.4. The van der Waals surface area contributed by atoms with E-state index in [1.54, 1.807) is 11.6 Å². The number of carbonyl (C=O) groups is 1. The van der Waals surface area contributed by atoms with E-state index in [0.717, 1.165) is 49.6 Å². The number of nitriles is 1. The van der Waals surface area contributed by atoms with Gasteiger partial charge in [0.1, 0.15) is 11.8 Å². The van der Waals surface area contributed by atoms with Crippen molar-refractivity contribution >= 4 is 16.8 Å². The summed E-state index contributed by atoms with van der Waals surface area (Å²) in [4.78, 5) is 16.1. The molecular formula is C30H34N4O. The molecule has 0 saturated heterocycles. The molecule has 0 spiro atoms. The smallest absolute Gasteiger partial charge is 0.251 e. The van der Waals surface area contributed by atoms with Gasteiger partial charge in [0.15, 0.2) is 0 Å². The average molecular weight is 467 g/mol. The molecule has 3 N–H and O–H groups in total. The van der Waals surface area contributed by atoms with Gasteiger partial charge in [-0.1, -0.05) is 37.1 Å². The van der Waals surface area contributed by atoms with E-state index < -0.39 is 0 Å². The zero-order valence-electron chi connectivity index (χ0n) is 20.3. The molecule has 3 aliphatic rings. The van der Waals surface area contributed by atoms with E-state index in [1.165, 1.54) is 31.2 Å². The highest BCUT2D eigenvalue weighted by atomic mass is 16.1. The minimum absolute atomic E-state index is 0.0123. The van der Waals surface area contributed by atoms with Gasteiger partial charge < -0.3 is 15.6 Å². The Bertz CT molecular complexity index is 1270. The maximum absolute atomic E-state index is 13.1. The molecule has 6 rings (SSSR count). The molecule has 5 heteroatoms. The highest BCUT2D eigenvalue weighted by Crippen LogP contribution is 2.51. The molecular weight excluding hydrogens is 432 g/mol. The van der Waals surface area contributed by atoms with Crippen molar-refractivity contribution in [3.63, 3.8) is 0 Å². The van der Waals surface area contributed by atoms with Crippen LogP contribution in [0.15, 0.2) is 48.5 Å². The van der Waals surface area contributed by atoms with Crippen LogP contribution in [-0.2, 0) is 12.0 Å². The average Bonchev–Trinajstić information content (AvgIpc) is 3.59. The van der Waals surface area contributed by atoms with Crippen LogP contribution in [0.1, 0.15) is 78.5 Å². The topological polar surface area (TPSA) is 80.7 Å². The van der Waals surface area contributed by atoms with Crippen LogP contribution in [0.25, 0.3) is 10.9 Å². The molecule has 2 aliphatic carbocycles. The van der Waals surface area contributed by atoms with Gasteiger partial charge in [0.2, 0.25) is 0 Å². The first kappa shape index (κ1) is 22.4. The first-order chi connectivity index (χ1) is 17.2. The van der Waals surface area contributed by atoms with Crippen LogP contribution in [0, 0.1) is 23.2 Å². The van der Waals surface area contributed by atoms with Crippen LogP contribution in [0.5, 0.6) is 0 Å². The fourth-order valence-corrected chi connectivity index (χ4v) is 7.38. The van der Waals surface area contributed by atoms with Gasteiger partial charge in [0.05, 0.1) is 0 Å². The summed E-state index contributed by atoms with van der Waals surface area (Å²) in [6.07, 6.45) is 10.8. The maximum atomic E-state index is 13.1. The molecule has 2 heterocycles. The van der Waals surface area contributed by atoms with Crippen molar-refractivity contribution < 1.29 is 4.79 Å². The van der Waals surface area contributed by atoms with Gasteiger partial charge in [0, 0.05) is 34.6 Å². The molecule has 1 amide bonds. The summed E-state index contributed by atoms with van der Waals surface area (Å²) >= 11 is 0. The lowest BCUT2D eigenvalue weighted by atomic mass is 9.61. The fraction of sp³-hybridized carbons (Fsp3) is 0.467. The third-order valence-corrected chi connectivity index (χ3v) is 8.98. The van der Waals surface area contributed by atoms with Crippen molar-refractivity contribution in [3.05, 3.63) is 70.9 Å². The third-order valence-electron chi connectivity index (χ3n) is 8.98. The predicted octanol–water partition coefficient (Wildman–Crippen LogP) is 5.56. The quantitative estimate of drug-likeness (QED) is 0.471. The van der Waals surface area contributed by atoms with Gasteiger partial charge >= 0.3 is 0 Å². The molecule has 180 valence electrons. The van der Waals surface area contributed by atoms with E-state index in [2.05, 4.69) is 46.0 Å². The van der Waals surface area contributed by atoms with E-state index in [4.69, 9.17) is 5.26 Å². The summed E-state index contributed by atoms with van der Waals surface area (Å²) in [5.41, 5.74) is 5.25. The van der Waals surface area contributed by atoms with Crippen molar-refractivity contribution in [2.75, 3.05) is 6.54 Å². The molecule has 2 aromatic carbocycles. The molecule has 35 heavy (non-hydrogen) atoms. The van der Waals surface area contributed by atoms with E-state index in [9.17, 15) is 4.79 Å². The number of amides is 1. The second kappa shape index (κ2) is 9.17. The predicted molar refractivity (Wildman–Crippen MR) is 138 cm³/mol. The molecule has 3 aromatic rings. The maximum Gasteiger partial charge on any atom is 0.251 e. The van der Waals surface area contributed by atoms with Gasteiger partial charge in [0.25, 0.3) is 5.91 Å². The Kier molecular flexibility index (Phi) is 5.86. The minimum Gasteiger partial charge on any atom is -0.349 e. The Morgan fingerprint density at radius 1 is 0.971 bits per heavy atom. The number of H-pyrrole nitrogens is 1. The molecule has 0 bridgehead atoms. The number of hydrogen-bond donors (Lipinski definition) is 3. The number of nitrogens with one attached hydrogen (secondary N) is 3. The Hall–Kier alpha value is -3.10. The first-order valence-electron chi connectivity index (χ1n) is 13.3. The molecule has 1 aromatic heterocycles. The first-order valence-corrected chi connectivity index (χ1v) is 13.3. The molecule has 1 aliphatic heterocycles. The van der Waals surface area contributed by atoms with Crippen molar-refractivity contribution in [2.45, 2.75) is 69.4 Å². The highest BCUT2D eigenvalue weighted by Gasteiger charge is 2.49. The van der Waals surface area contributed by atoms with Gasteiger partial charge in [-0.25, -0.2) is 0 Å². The lowest BCUT2D eigenvalue weighted by Gasteiger charge is -2.52. The second-order valence-corrected chi connectivity index (χ2v) is 10.8. The van der Waals surface area contributed by atoms with E-state index in [1.807, 2.05) is 18.2 Å². The van der Waals surface area contributed by atoms with E-state index >= 15 is 0 Å². The van der Waals surface area contributed by atoms with E-state index in [-0.39, 0.29) is 17.5 Å². The molecule has 5 nitrogen and oxygen atoms in total. The van der Waals surface area contributed by atoms with Gasteiger partial charge in [-0.15, -0.1) is 0 Å². The normalized spacial score (nSPS) is 26.8. The molecule has 2 saturated carbocycles. The van der Waals surface area contributed by atoms with Crippen LogP contribution in [-0.4, -0.2) is 23.5 Å². The summed E-state index contributed by atoms with van der Waals surface area (Å²) in [7, 11) is 0. The van der Waals surface area contributed by atoms with Crippen molar-refractivity contribution in [2.24, 2.45) is 11.8 Å². The monoisotopic (exact) mass is 466 g/mol. The summed E-state index contributed by atoms with van der Waals surface area (Å²) < 4.78 is 0. The minimum atomic E-state index is -0.0123. The molecule has 2 fully saturated rings. The molecule has 0 radical (unpaired) electrons. The van der Waals surface area contributed by atoms with Crippen LogP contribution in [0.4, 0.5) is 0 Å². The Balaban J connectivity index is 1.17. The van der Waals surface area contributed by atoms with Crippen LogP contribution in [0.3, 0.4) is 0 Å². The van der Waals surface area contributed by atoms with Crippen molar-refractivity contribution in [3.8, 4) is 6.07 Å². The lowest BCUT2D eigenvalue weighted by Crippen LogP contribution is -2.58. The summed E-state index contributed by atoms with van der Waals surface area (Å²) in [6, 6.07) is 18.9. The Labute approximate surface area is 207 Å². The number of carbonyl (C=O) groups excluding carboxylic acids is 1. The lowest BCUT2D eigenvalue weighted by molar-refractivity contribution is 0.0722. The number of nitrogens with zero attached hydrogens (tertiary/aromatic N) is 1. The SMILES string of the molecule is N#Cc1cc2cc(C(=O)N[C@H]3CC[C@H](C4(C5CCCC5)NCCc5ccccc54)CC3)ccc2[nH]1. The van der Waals surface area contributed by atoms with Crippen molar-refractivity contribution in [1.82, 2.24) is 15.6 Å². The van der Waals surface area contributed by atoms with Gasteiger partial charge in [-0.05, 0) is 92.2 Å². The number of rotatable bonds is 4. The number of hydrogen-bond acceptors (Lipinski definition) is 3. The Morgan fingerprint density at radius 2 is 1.74 bits per heavy atom. The van der Waals surface area contributed by atoms with Crippen LogP contribution >= 0.6 is 0 Å².